The first-order chi connectivity index (χ1) is 15.3. The third-order valence-electron chi connectivity index (χ3n) is 5.29. The van der Waals surface area contributed by atoms with Gasteiger partial charge in [-0.05, 0) is 25.0 Å². The van der Waals surface area contributed by atoms with Crippen molar-refractivity contribution in [3.63, 3.8) is 0 Å². The Labute approximate surface area is 186 Å². The predicted octanol–water partition coefficient (Wildman–Crippen LogP) is 3.68. The maximum atomic E-state index is 6.09. The number of likely N-dealkylation sites (tertiary alicyclic amines) is 1. The second-order valence-corrected chi connectivity index (χ2v) is 7.61. The van der Waals surface area contributed by atoms with Crippen LogP contribution in [0.4, 0.5) is 0 Å². The highest BCUT2D eigenvalue weighted by Gasteiger charge is 2.24. The maximum Gasteiger partial charge on any atom is 0.194 e. The van der Waals surface area contributed by atoms with Crippen LogP contribution >= 0.6 is 0 Å². The average Bonchev–Trinajstić information content (AvgIpc) is 3.28. The summed E-state index contributed by atoms with van der Waals surface area (Å²) in [7, 11) is 1.70. The number of hydrogen-bond acceptors (Lipinski definition) is 4. The molecule has 1 unspecified atom stereocenters. The number of nitrogens with one attached hydrogen (secondary N) is 1. The van der Waals surface area contributed by atoms with Gasteiger partial charge in [-0.15, -0.1) is 0 Å². The van der Waals surface area contributed by atoms with Gasteiger partial charge in [0.25, 0.3) is 0 Å². The van der Waals surface area contributed by atoms with Crippen LogP contribution in [0.25, 0.3) is 11.1 Å². The molecule has 1 atom stereocenters. The highest BCUT2D eigenvalue weighted by Crippen LogP contribution is 2.29. The fourth-order valence-electron chi connectivity index (χ4n) is 3.73. The molecule has 1 saturated heterocycles. The Bertz CT molecular complexity index is 798. The summed E-state index contributed by atoms with van der Waals surface area (Å²) in [6.45, 7) is 8.15. The first kappa shape index (κ1) is 23.1. The van der Waals surface area contributed by atoms with Crippen LogP contribution in [-0.4, -0.2) is 70.6 Å². The molecule has 3 rings (SSSR count). The van der Waals surface area contributed by atoms with E-state index in [1.807, 2.05) is 36.4 Å². The minimum absolute atomic E-state index is 0.537. The van der Waals surface area contributed by atoms with Crippen molar-refractivity contribution in [3.8, 4) is 16.9 Å². The molecule has 0 radical (unpaired) electrons. The van der Waals surface area contributed by atoms with Gasteiger partial charge in [0, 0.05) is 38.2 Å². The second-order valence-electron chi connectivity index (χ2n) is 7.61. The van der Waals surface area contributed by atoms with E-state index in [9.17, 15) is 0 Å². The van der Waals surface area contributed by atoms with E-state index in [2.05, 4.69) is 35.3 Å². The van der Waals surface area contributed by atoms with Gasteiger partial charge in [-0.2, -0.15) is 0 Å². The number of methoxy groups -OCH3 is 1. The van der Waals surface area contributed by atoms with E-state index in [1.165, 1.54) is 0 Å². The van der Waals surface area contributed by atoms with Gasteiger partial charge in [-0.25, -0.2) is 4.99 Å². The smallest absolute Gasteiger partial charge is 0.194 e. The van der Waals surface area contributed by atoms with Crippen LogP contribution in [0.1, 0.15) is 13.3 Å². The SMILES string of the molecule is CCNC(=NCCOc1ccccc1-c1ccccc1)N1CCC(COCCOC)C1. The Morgan fingerprint density at radius 3 is 2.68 bits per heavy atom. The van der Waals surface area contributed by atoms with Gasteiger partial charge < -0.3 is 24.4 Å². The lowest BCUT2D eigenvalue weighted by Gasteiger charge is -2.22. The van der Waals surface area contributed by atoms with E-state index in [0.717, 1.165) is 55.5 Å². The topological polar surface area (TPSA) is 55.3 Å². The van der Waals surface area contributed by atoms with Gasteiger partial charge in [0.2, 0.25) is 0 Å². The van der Waals surface area contributed by atoms with E-state index in [1.54, 1.807) is 7.11 Å². The van der Waals surface area contributed by atoms with Gasteiger partial charge in [0.05, 0.1) is 26.4 Å². The number of guanidine groups is 1. The zero-order valence-corrected chi connectivity index (χ0v) is 18.8. The van der Waals surface area contributed by atoms with Crippen LogP contribution in [-0.2, 0) is 9.47 Å². The summed E-state index contributed by atoms with van der Waals surface area (Å²) < 4.78 is 16.8. The Morgan fingerprint density at radius 2 is 1.87 bits per heavy atom. The molecule has 168 valence electrons. The number of rotatable bonds is 11. The highest BCUT2D eigenvalue weighted by atomic mass is 16.5. The van der Waals surface area contributed by atoms with Crippen molar-refractivity contribution in [2.24, 2.45) is 10.9 Å². The van der Waals surface area contributed by atoms with Crippen LogP contribution in [0.2, 0.25) is 0 Å². The van der Waals surface area contributed by atoms with Crippen molar-refractivity contribution in [2.75, 3.05) is 59.7 Å². The summed E-state index contributed by atoms with van der Waals surface area (Å²) in [5.74, 6) is 2.39. The molecule has 1 aliphatic heterocycles. The van der Waals surface area contributed by atoms with E-state index in [0.29, 0.717) is 32.3 Å². The van der Waals surface area contributed by atoms with E-state index < -0.39 is 0 Å². The van der Waals surface area contributed by atoms with Gasteiger partial charge >= 0.3 is 0 Å². The average molecular weight is 426 g/mol. The zero-order valence-electron chi connectivity index (χ0n) is 18.8. The molecule has 0 aliphatic carbocycles. The minimum Gasteiger partial charge on any atom is -0.491 e. The summed E-state index contributed by atoms with van der Waals surface area (Å²) in [5.41, 5.74) is 2.26. The third-order valence-corrected chi connectivity index (χ3v) is 5.29. The quantitative estimate of drug-likeness (QED) is 0.338. The number of aliphatic imine (C=N–C) groups is 1. The molecule has 0 aromatic heterocycles. The van der Waals surface area contributed by atoms with E-state index in [-0.39, 0.29) is 0 Å². The molecule has 0 spiro atoms. The summed E-state index contributed by atoms with van der Waals surface area (Å²) in [6.07, 6.45) is 1.12. The summed E-state index contributed by atoms with van der Waals surface area (Å²) >= 11 is 0. The monoisotopic (exact) mass is 425 g/mol. The Morgan fingerprint density at radius 1 is 1.06 bits per heavy atom. The molecule has 1 N–H and O–H groups in total. The molecule has 31 heavy (non-hydrogen) atoms. The number of nitrogens with zero attached hydrogens (tertiary/aromatic N) is 2. The molecule has 2 aromatic rings. The van der Waals surface area contributed by atoms with Crippen molar-refractivity contribution in [2.45, 2.75) is 13.3 Å². The first-order valence-electron chi connectivity index (χ1n) is 11.2. The molecule has 2 aromatic carbocycles. The third kappa shape index (κ3) is 7.26. The molecule has 1 fully saturated rings. The first-order valence-corrected chi connectivity index (χ1v) is 11.2. The minimum atomic E-state index is 0.537. The largest absolute Gasteiger partial charge is 0.491 e. The maximum absolute atomic E-state index is 6.09. The van der Waals surface area contributed by atoms with Crippen LogP contribution in [0, 0.1) is 5.92 Å². The Kier molecular flexibility index (Phi) is 9.67. The lowest BCUT2D eigenvalue weighted by Crippen LogP contribution is -2.40. The van der Waals surface area contributed by atoms with Crippen LogP contribution in [0.3, 0.4) is 0 Å². The fraction of sp³-hybridized carbons (Fsp3) is 0.480. The number of ether oxygens (including phenoxy) is 3. The summed E-state index contributed by atoms with van der Waals surface area (Å²) in [4.78, 5) is 7.13. The second kappa shape index (κ2) is 13.0. The molecule has 1 heterocycles. The molecule has 1 aliphatic rings. The Hall–Kier alpha value is -2.57. The van der Waals surface area contributed by atoms with Gasteiger partial charge in [-0.3, -0.25) is 0 Å². The van der Waals surface area contributed by atoms with Crippen molar-refractivity contribution in [3.05, 3.63) is 54.6 Å². The van der Waals surface area contributed by atoms with E-state index >= 15 is 0 Å². The molecule has 0 bridgehead atoms. The van der Waals surface area contributed by atoms with Crippen molar-refractivity contribution in [1.29, 1.82) is 0 Å². The molecule has 6 nitrogen and oxygen atoms in total. The summed E-state index contributed by atoms with van der Waals surface area (Å²) in [6, 6.07) is 18.5. The van der Waals surface area contributed by atoms with Crippen molar-refractivity contribution >= 4 is 5.96 Å². The molecule has 0 saturated carbocycles. The van der Waals surface area contributed by atoms with Gasteiger partial charge in [0.15, 0.2) is 5.96 Å². The van der Waals surface area contributed by atoms with Crippen LogP contribution in [0.5, 0.6) is 5.75 Å². The predicted molar refractivity (Wildman–Crippen MR) is 126 cm³/mol. The lowest BCUT2D eigenvalue weighted by molar-refractivity contribution is 0.0536. The van der Waals surface area contributed by atoms with Crippen molar-refractivity contribution in [1.82, 2.24) is 10.2 Å². The van der Waals surface area contributed by atoms with Gasteiger partial charge in [0.1, 0.15) is 12.4 Å². The lowest BCUT2D eigenvalue weighted by atomic mass is 10.1. The van der Waals surface area contributed by atoms with Crippen LogP contribution < -0.4 is 10.1 Å². The standard InChI is InChI=1S/C25H35N3O3/c1-3-26-25(28-15-13-21(19-28)20-30-18-17-29-2)27-14-16-31-24-12-8-7-11-23(24)22-9-5-4-6-10-22/h4-12,21H,3,13-20H2,1-2H3,(H,26,27). The molecular weight excluding hydrogens is 390 g/mol. The fourth-order valence-corrected chi connectivity index (χ4v) is 3.73. The number of benzene rings is 2. The molecular formula is C25H35N3O3. The Balaban J connectivity index is 1.51. The zero-order chi connectivity index (χ0) is 21.7. The normalized spacial score (nSPS) is 16.5. The van der Waals surface area contributed by atoms with Crippen LogP contribution in [0.15, 0.2) is 59.6 Å². The molecule has 6 heteroatoms. The number of hydrogen-bond donors (Lipinski definition) is 1. The van der Waals surface area contributed by atoms with Gasteiger partial charge in [-0.1, -0.05) is 48.5 Å². The number of para-hydroxylation sites is 1. The summed E-state index contributed by atoms with van der Waals surface area (Å²) in [5, 5.41) is 3.42. The van der Waals surface area contributed by atoms with Crippen molar-refractivity contribution < 1.29 is 14.2 Å². The van der Waals surface area contributed by atoms with E-state index in [4.69, 9.17) is 19.2 Å². The highest BCUT2D eigenvalue weighted by molar-refractivity contribution is 5.80. The molecule has 0 amide bonds.